The Morgan fingerprint density at radius 3 is 2.74 bits per heavy atom. The second-order valence-corrected chi connectivity index (χ2v) is 8.20. The van der Waals surface area contributed by atoms with E-state index in [1.807, 2.05) is 17.0 Å². The van der Waals surface area contributed by atoms with Crippen molar-refractivity contribution in [2.45, 2.75) is 38.6 Å². The van der Waals surface area contributed by atoms with E-state index < -0.39 is 0 Å². The van der Waals surface area contributed by atoms with Gasteiger partial charge in [0.2, 0.25) is 5.91 Å². The van der Waals surface area contributed by atoms with Crippen molar-refractivity contribution >= 4 is 11.9 Å². The lowest BCUT2D eigenvalue weighted by atomic mass is 9.72. The van der Waals surface area contributed by atoms with Gasteiger partial charge in [-0.3, -0.25) is 4.79 Å². The van der Waals surface area contributed by atoms with Crippen LogP contribution < -0.4 is 5.32 Å². The third-order valence-electron chi connectivity index (χ3n) is 5.89. The SMILES string of the molecule is CN(C)CCCN1CC2(CCC1=O)CCN(C(=O)NCc1ccco1)CC2. The predicted molar refractivity (Wildman–Crippen MR) is 103 cm³/mol. The average Bonchev–Trinajstić information content (AvgIpc) is 3.17. The third-order valence-corrected chi connectivity index (χ3v) is 5.89. The summed E-state index contributed by atoms with van der Waals surface area (Å²) in [4.78, 5) is 30.8. The summed E-state index contributed by atoms with van der Waals surface area (Å²) in [6.07, 6.45) is 6.17. The number of likely N-dealkylation sites (tertiary alicyclic amines) is 2. The quantitative estimate of drug-likeness (QED) is 0.826. The number of amides is 3. The van der Waals surface area contributed by atoms with Gasteiger partial charge in [0.1, 0.15) is 5.76 Å². The summed E-state index contributed by atoms with van der Waals surface area (Å²) in [6, 6.07) is 3.65. The molecule has 0 unspecified atom stereocenters. The van der Waals surface area contributed by atoms with Gasteiger partial charge in [-0.25, -0.2) is 4.79 Å². The Balaban J connectivity index is 1.46. The van der Waals surface area contributed by atoms with E-state index in [0.29, 0.717) is 13.0 Å². The molecule has 1 spiro atoms. The highest BCUT2D eigenvalue weighted by molar-refractivity contribution is 5.77. The standard InChI is InChI=1S/C20H32N4O3/c1-22(2)10-4-11-24-16-20(7-6-18(24)25)8-12-23(13-9-20)19(26)21-15-17-5-3-14-27-17/h3,5,14H,4,6-13,15-16H2,1-2H3,(H,21,26). The Hall–Kier alpha value is -2.02. The molecule has 2 fully saturated rings. The minimum absolute atomic E-state index is 0.0315. The zero-order valence-electron chi connectivity index (χ0n) is 16.6. The zero-order chi connectivity index (χ0) is 19.3. The van der Waals surface area contributed by atoms with Gasteiger partial charge >= 0.3 is 6.03 Å². The number of carbonyl (C=O) groups excluding carboxylic acids is 2. The Kier molecular flexibility index (Phi) is 6.42. The Labute approximate surface area is 161 Å². The molecule has 3 rings (SSSR count). The van der Waals surface area contributed by atoms with Gasteiger partial charge in [0.15, 0.2) is 0 Å². The van der Waals surface area contributed by atoms with Crippen molar-refractivity contribution in [2.75, 3.05) is 46.8 Å². The molecular weight excluding hydrogens is 344 g/mol. The fraction of sp³-hybridized carbons (Fsp3) is 0.700. The average molecular weight is 377 g/mol. The first-order valence-corrected chi connectivity index (χ1v) is 9.95. The molecule has 27 heavy (non-hydrogen) atoms. The van der Waals surface area contributed by atoms with Crippen LogP contribution in [0.2, 0.25) is 0 Å². The summed E-state index contributed by atoms with van der Waals surface area (Å²) in [5, 5.41) is 2.92. The van der Waals surface area contributed by atoms with Gasteiger partial charge < -0.3 is 24.4 Å². The molecule has 7 nitrogen and oxygen atoms in total. The summed E-state index contributed by atoms with van der Waals surface area (Å²) in [6.45, 7) is 4.61. The van der Waals surface area contributed by atoms with E-state index in [1.54, 1.807) is 6.26 Å². The summed E-state index contributed by atoms with van der Waals surface area (Å²) < 4.78 is 5.26. The second-order valence-electron chi connectivity index (χ2n) is 8.20. The number of rotatable bonds is 6. The number of urea groups is 1. The van der Waals surface area contributed by atoms with E-state index in [4.69, 9.17) is 4.42 Å². The molecule has 3 amide bonds. The largest absolute Gasteiger partial charge is 0.467 e. The number of nitrogens with one attached hydrogen (secondary N) is 1. The van der Waals surface area contributed by atoms with Gasteiger partial charge in [-0.2, -0.15) is 0 Å². The Morgan fingerprint density at radius 1 is 1.30 bits per heavy atom. The van der Waals surface area contributed by atoms with Crippen LogP contribution in [0.1, 0.15) is 37.9 Å². The van der Waals surface area contributed by atoms with Crippen LogP contribution in [0, 0.1) is 5.41 Å². The molecule has 1 aromatic heterocycles. The van der Waals surface area contributed by atoms with E-state index in [0.717, 1.165) is 64.2 Å². The summed E-state index contributed by atoms with van der Waals surface area (Å²) in [7, 11) is 4.12. The maximum Gasteiger partial charge on any atom is 0.317 e. The van der Waals surface area contributed by atoms with Gasteiger partial charge in [0, 0.05) is 32.6 Å². The zero-order valence-corrected chi connectivity index (χ0v) is 16.6. The number of carbonyl (C=O) groups is 2. The highest BCUT2D eigenvalue weighted by atomic mass is 16.3. The molecule has 0 atom stereocenters. The number of piperidine rings is 2. The van der Waals surface area contributed by atoms with Crippen LogP contribution in [0.3, 0.4) is 0 Å². The molecule has 1 N–H and O–H groups in total. The minimum atomic E-state index is -0.0315. The molecule has 2 aliphatic rings. The van der Waals surface area contributed by atoms with Gasteiger partial charge in [0.25, 0.3) is 0 Å². The highest BCUT2D eigenvalue weighted by Gasteiger charge is 2.41. The molecule has 7 heteroatoms. The molecule has 0 aromatic carbocycles. The van der Waals surface area contributed by atoms with E-state index in [-0.39, 0.29) is 17.4 Å². The molecule has 150 valence electrons. The number of hydrogen-bond acceptors (Lipinski definition) is 4. The van der Waals surface area contributed by atoms with Crippen LogP contribution in [0.25, 0.3) is 0 Å². The van der Waals surface area contributed by atoms with E-state index in [2.05, 4.69) is 29.2 Å². The first-order valence-electron chi connectivity index (χ1n) is 9.95. The topological polar surface area (TPSA) is 69.0 Å². The fourth-order valence-corrected chi connectivity index (χ4v) is 4.16. The summed E-state index contributed by atoms with van der Waals surface area (Å²) >= 11 is 0. The predicted octanol–water partition coefficient (Wildman–Crippen LogP) is 2.15. The first kappa shape index (κ1) is 19.7. The first-order chi connectivity index (χ1) is 13.0. The maximum atomic E-state index is 12.4. The van der Waals surface area contributed by atoms with Gasteiger partial charge in [-0.15, -0.1) is 0 Å². The highest BCUT2D eigenvalue weighted by Crippen LogP contribution is 2.40. The molecule has 0 aliphatic carbocycles. The molecule has 0 radical (unpaired) electrons. The third kappa shape index (κ3) is 5.25. The second kappa shape index (κ2) is 8.78. The molecule has 1 aromatic rings. The smallest absolute Gasteiger partial charge is 0.317 e. The van der Waals surface area contributed by atoms with Crippen molar-refractivity contribution in [1.82, 2.24) is 20.0 Å². The van der Waals surface area contributed by atoms with Crippen LogP contribution >= 0.6 is 0 Å². The van der Waals surface area contributed by atoms with E-state index in [1.165, 1.54) is 0 Å². The van der Waals surface area contributed by atoms with Gasteiger partial charge in [-0.1, -0.05) is 0 Å². The normalized spacial score (nSPS) is 19.7. The van der Waals surface area contributed by atoms with Crippen molar-refractivity contribution in [3.05, 3.63) is 24.2 Å². The van der Waals surface area contributed by atoms with Gasteiger partial charge in [0.05, 0.1) is 12.8 Å². The van der Waals surface area contributed by atoms with Crippen molar-refractivity contribution < 1.29 is 14.0 Å². The van der Waals surface area contributed by atoms with Crippen LogP contribution in [0.4, 0.5) is 4.79 Å². The lowest BCUT2D eigenvalue weighted by molar-refractivity contribution is -0.139. The molecule has 3 heterocycles. The summed E-state index contributed by atoms with van der Waals surface area (Å²) in [5.41, 5.74) is 0.184. The van der Waals surface area contributed by atoms with Crippen LogP contribution in [-0.4, -0.2) is 73.5 Å². The van der Waals surface area contributed by atoms with E-state index in [9.17, 15) is 9.59 Å². The van der Waals surface area contributed by atoms with Crippen molar-refractivity contribution in [1.29, 1.82) is 0 Å². The van der Waals surface area contributed by atoms with Crippen molar-refractivity contribution in [2.24, 2.45) is 5.41 Å². The summed E-state index contributed by atoms with van der Waals surface area (Å²) in [5.74, 6) is 1.05. The monoisotopic (exact) mass is 376 g/mol. The van der Waals surface area contributed by atoms with Crippen molar-refractivity contribution in [3.63, 3.8) is 0 Å². The van der Waals surface area contributed by atoms with Crippen LogP contribution in [0.15, 0.2) is 22.8 Å². The number of nitrogens with zero attached hydrogens (tertiary/aromatic N) is 3. The van der Waals surface area contributed by atoms with Crippen LogP contribution in [0.5, 0.6) is 0 Å². The fourth-order valence-electron chi connectivity index (χ4n) is 4.16. The van der Waals surface area contributed by atoms with Crippen molar-refractivity contribution in [3.8, 4) is 0 Å². The molecule has 0 bridgehead atoms. The lowest BCUT2D eigenvalue weighted by Crippen LogP contribution is -2.53. The Morgan fingerprint density at radius 2 is 2.07 bits per heavy atom. The van der Waals surface area contributed by atoms with Crippen LogP contribution in [-0.2, 0) is 11.3 Å². The minimum Gasteiger partial charge on any atom is -0.467 e. The lowest BCUT2D eigenvalue weighted by Gasteiger charge is -2.47. The van der Waals surface area contributed by atoms with E-state index >= 15 is 0 Å². The molecule has 2 aliphatic heterocycles. The van der Waals surface area contributed by atoms with Gasteiger partial charge in [-0.05, 0) is 63.9 Å². The Bertz CT molecular complexity index is 621. The maximum absolute atomic E-state index is 12.4. The molecular formula is C20H32N4O3. The molecule has 0 saturated carbocycles. The number of hydrogen-bond donors (Lipinski definition) is 1. The molecule has 2 saturated heterocycles. The number of furan rings is 1.